The molecule has 38 heavy (non-hydrogen) atoms. The predicted octanol–water partition coefficient (Wildman–Crippen LogP) is 5.30. The monoisotopic (exact) mass is 515 g/mol. The fraction of sp³-hybridized carbons (Fsp3) is 0.323. The number of ether oxygens (including phenoxy) is 5. The second-order valence-electron chi connectivity index (χ2n) is 9.18. The maximum atomic E-state index is 13.3. The molecule has 7 nitrogen and oxygen atoms in total. The average molecular weight is 516 g/mol. The summed E-state index contributed by atoms with van der Waals surface area (Å²) in [5, 5.41) is 7.63. The van der Waals surface area contributed by atoms with Crippen molar-refractivity contribution in [2.75, 3.05) is 58.2 Å². The molecule has 0 bridgehead atoms. The zero-order chi connectivity index (χ0) is 26.2. The second kappa shape index (κ2) is 12.7. The summed E-state index contributed by atoms with van der Waals surface area (Å²) in [7, 11) is 0. The van der Waals surface area contributed by atoms with Crippen LogP contribution in [-0.4, -0.2) is 58.8 Å². The van der Waals surface area contributed by atoms with Crippen molar-refractivity contribution >= 4 is 33.1 Å². The van der Waals surface area contributed by atoms with E-state index < -0.39 is 0 Å². The Morgan fingerprint density at radius 2 is 1.24 bits per heavy atom. The number of anilines is 1. The maximum Gasteiger partial charge on any atom is 0.228 e. The summed E-state index contributed by atoms with van der Waals surface area (Å²) in [6.07, 6.45) is 0.256. The Morgan fingerprint density at radius 1 is 0.684 bits per heavy atom. The maximum absolute atomic E-state index is 13.3. The quantitative estimate of drug-likeness (QED) is 0.373. The number of fused-ring (bicyclic) bond motifs is 4. The van der Waals surface area contributed by atoms with Crippen molar-refractivity contribution in [3.05, 3.63) is 77.9 Å². The lowest BCUT2D eigenvalue weighted by molar-refractivity contribution is -0.115. The Morgan fingerprint density at radius 3 is 1.92 bits per heavy atom. The molecule has 0 aliphatic carbocycles. The summed E-state index contributed by atoms with van der Waals surface area (Å²) in [6.45, 7) is 5.57. The van der Waals surface area contributed by atoms with Crippen LogP contribution in [0.1, 0.15) is 11.1 Å². The van der Waals surface area contributed by atoms with Crippen LogP contribution in [0.2, 0.25) is 0 Å². The molecule has 1 aliphatic heterocycles. The van der Waals surface area contributed by atoms with Crippen LogP contribution >= 0.6 is 0 Å². The molecule has 7 heteroatoms. The molecule has 0 atom stereocenters. The summed E-state index contributed by atoms with van der Waals surface area (Å²) < 4.78 is 28.5. The molecule has 1 aliphatic rings. The highest BCUT2D eigenvalue weighted by Crippen LogP contribution is 2.34. The number of aryl methyl sites for hydroxylation is 1. The van der Waals surface area contributed by atoms with Crippen molar-refractivity contribution < 1.29 is 28.5 Å². The Labute approximate surface area is 222 Å². The zero-order valence-corrected chi connectivity index (χ0v) is 21.7. The van der Waals surface area contributed by atoms with Crippen LogP contribution in [0, 0.1) is 6.92 Å². The third-order valence-electron chi connectivity index (χ3n) is 6.48. The smallest absolute Gasteiger partial charge is 0.228 e. The van der Waals surface area contributed by atoms with Gasteiger partial charge in [0.2, 0.25) is 5.91 Å². The Hall–Kier alpha value is -3.65. The van der Waals surface area contributed by atoms with E-state index in [1.807, 2.05) is 43.3 Å². The number of carbonyl (C=O) groups excluding carboxylic acids is 1. The molecule has 0 unspecified atom stereocenters. The van der Waals surface area contributed by atoms with E-state index in [-0.39, 0.29) is 12.3 Å². The van der Waals surface area contributed by atoms with Crippen molar-refractivity contribution in [3.8, 4) is 11.5 Å². The summed E-state index contributed by atoms with van der Waals surface area (Å²) in [5.41, 5.74) is 2.56. The van der Waals surface area contributed by atoms with E-state index in [4.69, 9.17) is 23.7 Å². The molecule has 1 amide bonds. The number of carbonyl (C=O) groups is 1. The van der Waals surface area contributed by atoms with Crippen molar-refractivity contribution in [2.45, 2.75) is 13.3 Å². The summed E-state index contributed by atoms with van der Waals surface area (Å²) in [5.74, 6) is 1.07. The predicted molar refractivity (Wildman–Crippen MR) is 148 cm³/mol. The molecule has 0 fully saturated rings. The molecule has 0 saturated heterocycles. The van der Waals surface area contributed by atoms with E-state index >= 15 is 0 Å². The Kier molecular flexibility index (Phi) is 8.71. The molecule has 4 aromatic rings. The Balaban J connectivity index is 1.34. The van der Waals surface area contributed by atoms with Crippen molar-refractivity contribution in [3.63, 3.8) is 0 Å². The normalized spacial score (nSPS) is 15.5. The van der Waals surface area contributed by atoms with Crippen LogP contribution in [0.4, 0.5) is 5.69 Å². The first-order valence-electron chi connectivity index (χ1n) is 13.0. The van der Waals surface area contributed by atoms with Crippen LogP contribution < -0.4 is 14.8 Å². The molecule has 0 spiro atoms. The fourth-order valence-electron chi connectivity index (χ4n) is 4.63. The standard InChI is InChI=1S/C31H33NO6/c1-22-18-29-30(38-17-15-36-13-11-34-10-12-35-14-16-37-29)21-28(22)32-31(33)20-24-19-23-6-2-3-7-25(23)27-9-5-4-8-26(24)27/h2-9,18-19,21H,10-17,20H2,1H3,(H,32,33). The van der Waals surface area contributed by atoms with Crippen LogP contribution in [0.5, 0.6) is 11.5 Å². The second-order valence-corrected chi connectivity index (χ2v) is 9.18. The van der Waals surface area contributed by atoms with E-state index in [2.05, 4.69) is 35.6 Å². The van der Waals surface area contributed by atoms with Gasteiger partial charge in [-0.2, -0.15) is 0 Å². The topological polar surface area (TPSA) is 75.3 Å². The van der Waals surface area contributed by atoms with Crippen molar-refractivity contribution in [1.82, 2.24) is 0 Å². The molecule has 5 rings (SSSR count). The van der Waals surface area contributed by atoms with E-state index in [1.54, 1.807) is 0 Å². The first-order valence-corrected chi connectivity index (χ1v) is 13.0. The van der Waals surface area contributed by atoms with Gasteiger partial charge in [0.25, 0.3) is 0 Å². The van der Waals surface area contributed by atoms with Crippen LogP contribution in [0.15, 0.2) is 66.7 Å². The molecule has 1 N–H and O–H groups in total. The molecular formula is C31H33NO6. The summed E-state index contributed by atoms with van der Waals surface area (Å²) in [6, 6.07) is 22.3. The number of amides is 1. The number of nitrogens with one attached hydrogen (secondary N) is 1. The highest BCUT2D eigenvalue weighted by Gasteiger charge is 2.15. The fourth-order valence-corrected chi connectivity index (χ4v) is 4.63. The lowest BCUT2D eigenvalue weighted by Crippen LogP contribution is -2.16. The minimum Gasteiger partial charge on any atom is -0.487 e. The SMILES string of the molecule is Cc1cc2c(cc1NC(=O)Cc1cc3ccccc3c3ccccc13)OCCOCCOCCOCCO2. The average Bonchev–Trinajstić information content (AvgIpc) is 2.94. The number of benzene rings is 4. The third kappa shape index (κ3) is 6.42. The van der Waals surface area contributed by atoms with Gasteiger partial charge in [0, 0.05) is 11.8 Å². The van der Waals surface area contributed by atoms with Gasteiger partial charge in [0.1, 0.15) is 13.2 Å². The van der Waals surface area contributed by atoms with Gasteiger partial charge in [-0.25, -0.2) is 0 Å². The van der Waals surface area contributed by atoms with Gasteiger partial charge in [-0.05, 0) is 51.7 Å². The molecule has 198 valence electrons. The largest absolute Gasteiger partial charge is 0.487 e. The van der Waals surface area contributed by atoms with Gasteiger partial charge in [-0.3, -0.25) is 4.79 Å². The molecule has 0 radical (unpaired) electrons. The van der Waals surface area contributed by atoms with E-state index in [9.17, 15) is 4.79 Å². The van der Waals surface area contributed by atoms with Crippen LogP contribution in [0.3, 0.4) is 0 Å². The van der Waals surface area contributed by atoms with E-state index in [0.29, 0.717) is 70.0 Å². The summed E-state index contributed by atoms with van der Waals surface area (Å²) in [4.78, 5) is 13.3. The van der Waals surface area contributed by atoms with Gasteiger partial charge < -0.3 is 29.0 Å². The van der Waals surface area contributed by atoms with Crippen molar-refractivity contribution in [2.24, 2.45) is 0 Å². The van der Waals surface area contributed by atoms with Crippen molar-refractivity contribution in [1.29, 1.82) is 0 Å². The molecular weight excluding hydrogens is 482 g/mol. The molecule has 1 heterocycles. The number of rotatable bonds is 3. The van der Waals surface area contributed by atoms with Gasteiger partial charge >= 0.3 is 0 Å². The van der Waals surface area contributed by atoms with Gasteiger partial charge in [0.15, 0.2) is 11.5 Å². The highest BCUT2D eigenvalue weighted by molar-refractivity contribution is 6.10. The van der Waals surface area contributed by atoms with Crippen LogP contribution in [0.25, 0.3) is 21.5 Å². The Bertz CT molecular complexity index is 1400. The number of hydrogen-bond acceptors (Lipinski definition) is 6. The summed E-state index contributed by atoms with van der Waals surface area (Å²) >= 11 is 0. The lowest BCUT2D eigenvalue weighted by Gasteiger charge is -2.17. The minimum atomic E-state index is -0.0942. The van der Waals surface area contributed by atoms with Crippen LogP contribution in [-0.2, 0) is 25.4 Å². The van der Waals surface area contributed by atoms with E-state index in [0.717, 1.165) is 27.3 Å². The minimum absolute atomic E-state index is 0.0942. The van der Waals surface area contributed by atoms with Gasteiger partial charge in [-0.1, -0.05) is 48.5 Å². The lowest BCUT2D eigenvalue weighted by atomic mass is 9.95. The highest BCUT2D eigenvalue weighted by atomic mass is 16.6. The number of hydrogen-bond donors (Lipinski definition) is 1. The van der Waals surface area contributed by atoms with Gasteiger partial charge in [-0.15, -0.1) is 0 Å². The third-order valence-corrected chi connectivity index (χ3v) is 6.48. The molecule has 4 aromatic carbocycles. The first kappa shape index (κ1) is 26.0. The molecule has 0 saturated carbocycles. The first-order chi connectivity index (χ1) is 18.7. The van der Waals surface area contributed by atoms with E-state index in [1.165, 1.54) is 5.39 Å². The molecule has 0 aromatic heterocycles. The zero-order valence-electron chi connectivity index (χ0n) is 21.7. The van der Waals surface area contributed by atoms with Gasteiger partial charge in [0.05, 0.1) is 46.1 Å².